The molecule has 0 radical (unpaired) electrons. The van der Waals surface area contributed by atoms with Gasteiger partial charge in [-0.05, 0) is 31.3 Å². The van der Waals surface area contributed by atoms with Crippen LogP contribution in [0.2, 0.25) is 6.32 Å². The van der Waals surface area contributed by atoms with Crippen LogP contribution >= 0.6 is 0 Å². The van der Waals surface area contributed by atoms with E-state index in [1.807, 2.05) is 4.90 Å². The van der Waals surface area contributed by atoms with Gasteiger partial charge in [-0.15, -0.1) is 0 Å². The van der Waals surface area contributed by atoms with Gasteiger partial charge >= 0.3 is 19.1 Å². The summed E-state index contributed by atoms with van der Waals surface area (Å²) in [6, 6.07) is 2.20. The minimum atomic E-state index is -1.57. The summed E-state index contributed by atoms with van der Waals surface area (Å²) in [5.41, 5.74) is 4.75. The number of carbonyl (C=O) groups excluding carboxylic acids is 2. The third-order valence-electron chi connectivity index (χ3n) is 5.64. The number of rotatable bonds is 10. The largest absolute Gasteiger partial charge is 0.507 e. The maximum absolute atomic E-state index is 12.5. The van der Waals surface area contributed by atoms with Gasteiger partial charge < -0.3 is 40.8 Å². The second kappa shape index (κ2) is 9.95. The van der Waals surface area contributed by atoms with Crippen molar-refractivity contribution in [1.82, 2.24) is 10.2 Å². The van der Waals surface area contributed by atoms with E-state index in [2.05, 4.69) is 5.32 Å². The Hall–Kier alpha value is -2.87. The molecule has 7 N–H and O–H groups in total. The minimum Gasteiger partial charge on any atom is -0.507 e. The quantitative estimate of drug-likeness (QED) is 0.171. The summed E-state index contributed by atoms with van der Waals surface area (Å²) >= 11 is 0. The lowest BCUT2D eigenvalue weighted by molar-refractivity contribution is -0.142. The number of aryl methyl sites for hydroxylation is 1. The predicted octanol–water partition coefficient (Wildman–Crippen LogP) is -1.68. The van der Waals surface area contributed by atoms with Crippen LogP contribution in [-0.4, -0.2) is 94.1 Å². The van der Waals surface area contributed by atoms with Crippen LogP contribution < -0.4 is 15.8 Å². The van der Waals surface area contributed by atoms with E-state index in [-0.39, 0.29) is 43.3 Å². The highest BCUT2D eigenvalue weighted by atomic mass is 16.5. The van der Waals surface area contributed by atoms with Gasteiger partial charge in [0.25, 0.3) is 0 Å². The van der Waals surface area contributed by atoms with Gasteiger partial charge in [-0.2, -0.15) is 0 Å². The molecule has 0 bridgehead atoms. The number of nitrogens with two attached hydrogens (primary N) is 1. The molecule has 2 aliphatic heterocycles. The maximum Gasteiger partial charge on any atom is 0.451 e. The van der Waals surface area contributed by atoms with E-state index in [9.17, 15) is 24.6 Å². The van der Waals surface area contributed by atoms with E-state index >= 15 is 0 Å². The molecule has 2 saturated heterocycles. The molecule has 0 saturated carbocycles. The van der Waals surface area contributed by atoms with Crippen LogP contribution in [-0.2, 0) is 20.7 Å². The number of carboxylic acid groups (broad SMARTS) is 1. The van der Waals surface area contributed by atoms with Crippen LogP contribution in [0.3, 0.4) is 0 Å². The first-order chi connectivity index (χ1) is 15.5. The van der Waals surface area contributed by atoms with Gasteiger partial charge in [0.05, 0.1) is 6.61 Å². The summed E-state index contributed by atoms with van der Waals surface area (Å²) in [5.74, 6) is -2.81. The van der Waals surface area contributed by atoms with Crippen molar-refractivity contribution in [2.75, 3.05) is 26.2 Å². The Morgan fingerprint density at radius 3 is 2.64 bits per heavy atom. The first-order valence-corrected chi connectivity index (χ1v) is 10.6. The normalized spacial score (nSPS) is 20.5. The van der Waals surface area contributed by atoms with Crippen molar-refractivity contribution in [2.45, 2.75) is 43.8 Å². The number of phenols is 1. The zero-order valence-electron chi connectivity index (χ0n) is 18.2. The lowest BCUT2D eigenvalue weighted by Crippen LogP contribution is -2.65. The second-order valence-electron chi connectivity index (χ2n) is 8.60. The van der Waals surface area contributed by atoms with Crippen molar-refractivity contribution in [1.29, 1.82) is 0 Å². The highest BCUT2D eigenvalue weighted by Crippen LogP contribution is 2.34. The number of carbonyl (C=O) groups is 3. The number of ether oxygens (including phenoxy) is 2. The number of benzene rings is 1. The van der Waals surface area contributed by atoms with Gasteiger partial charge in [-0.3, -0.25) is 9.69 Å². The van der Waals surface area contributed by atoms with Crippen molar-refractivity contribution < 1.29 is 44.1 Å². The highest BCUT2D eigenvalue weighted by molar-refractivity contribution is 6.41. The van der Waals surface area contributed by atoms with E-state index in [1.54, 1.807) is 6.92 Å². The van der Waals surface area contributed by atoms with E-state index in [4.69, 9.17) is 25.3 Å². The molecule has 2 atom stereocenters. The molecule has 0 unspecified atom stereocenters. The number of nitrogens with zero attached hydrogens (tertiary/aromatic N) is 1. The van der Waals surface area contributed by atoms with Gasteiger partial charge in [0, 0.05) is 26.1 Å². The van der Waals surface area contributed by atoms with E-state index in [0.717, 1.165) is 0 Å². The van der Waals surface area contributed by atoms with E-state index in [1.165, 1.54) is 12.1 Å². The summed E-state index contributed by atoms with van der Waals surface area (Å²) in [5, 5.41) is 40.4. The molecule has 3 rings (SSSR count). The summed E-state index contributed by atoms with van der Waals surface area (Å²) < 4.78 is 10.6. The number of aromatic carboxylic acids is 1. The molecule has 2 heterocycles. The molecule has 1 aromatic rings. The van der Waals surface area contributed by atoms with E-state index in [0.29, 0.717) is 19.5 Å². The van der Waals surface area contributed by atoms with Crippen molar-refractivity contribution in [2.24, 2.45) is 5.73 Å². The Bertz CT molecular complexity index is 918. The molecule has 12 nitrogen and oxygen atoms in total. The molecule has 0 aromatic heterocycles. The van der Waals surface area contributed by atoms with Crippen molar-refractivity contribution in [3.05, 3.63) is 23.3 Å². The monoisotopic (exact) mass is 465 g/mol. The molecular weight excluding hydrogens is 437 g/mol. The Morgan fingerprint density at radius 2 is 2.06 bits per heavy atom. The van der Waals surface area contributed by atoms with Crippen LogP contribution in [0.5, 0.6) is 11.5 Å². The van der Waals surface area contributed by atoms with Crippen LogP contribution in [0.4, 0.5) is 0 Å². The third-order valence-corrected chi connectivity index (χ3v) is 5.64. The molecule has 2 aliphatic rings. The number of aromatic hydroxyl groups is 1. The molecule has 1 amide bonds. The number of esters is 1. The molecule has 180 valence electrons. The zero-order chi connectivity index (χ0) is 24.3. The maximum atomic E-state index is 12.5. The lowest BCUT2D eigenvalue weighted by Gasteiger charge is -2.42. The Labute approximate surface area is 190 Å². The number of nitrogens with one attached hydrogen (secondary N) is 1. The van der Waals surface area contributed by atoms with Crippen LogP contribution in [0.25, 0.3) is 0 Å². The Balaban J connectivity index is 1.56. The fourth-order valence-corrected chi connectivity index (χ4v) is 3.80. The molecule has 13 heteroatoms. The smallest absolute Gasteiger partial charge is 0.451 e. The van der Waals surface area contributed by atoms with Crippen molar-refractivity contribution in [3.8, 4) is 11.5 Å². The fourth-order valence-electron chi connectivity index (χ4n) is 3.80. The first-order valence-electron chi connectivity index (χ1n) is 10.6. The summed E-state index contributed by atoms with van der Waals surface area (Å²) in [6.45, 7) is 2.77. The van der Waals surface area contributed by atoms with Crippen molar-refractivity contribution in [3.63, 3.8) is 0 Å². The van der Waals surface area contributed by atoms with Gasteiger partial charge in [0.2, 0.25) is 5.91 Å². The second-order valence-corrected chi connectivity index (χ2v) is 8.60. The molecule has 0 spiro atoms. The predicted molar refractivity (Wildman–Crippen MR) is 115 cm³/mol. The average molecular weight is 465 g/mol. The summed E-state index contributed by atoms with van der Waals surface area (Å²) in [4.78, 5) is 37.5. The molecular formula is C20H28BN3O9. The highest BCUT2D eigenvalue weighted by Gasteiger charge is 2.40. The summed E-state index contributed by atoms with van der Waals surface area (Å²) in [7, 11) is -1.57. The molecule has 1 aromatic carbocycles. The number of likely N-dealkylation sites (tertiary alicyclic amines) is 1. The lowest BCUT2D eigenvalue weighted by atomic mass is 9.82. The number of carboxylic acids is 1. The third kappa shape index (κ3) is 5.93. The summed E-state index contributed by atoms with van der Waals surface area (Å²) in [6.07, 6.45) is 0.0453. The fraction of sp³-hybridized carbons (Fsp3) is 0.550. The Morgan fingerprint density at radius 1 is 1.36 bits per heavy atom. The standard InChI is InChI=1S/C20H28BN3O9/c1-20(22,19(29)23-13-5-7-32-18(13)28)10-24-8-12(9-24)33-14-3-2-11(4-6-21(30)31)16(25)15(14)17(26)27/h2-3,12-13,25,30-31H,4-10,22H2,1H3,(H,23,29)(H,26,27)/t13-,20+/m0/s1. The average Bonchev–Trinajstić information content (AvgIpc) is 3.09. The Kier molecular flexibility index (Phi) is 7.47. The number of hydrogen-bond donors (Lipinski definition) is 6. The topological polar surface area (TPSA) is 192 Å². The van der Waals surface area contributed by atoms with Gasteiger partial charge in [-0.25, -0.2) is 9.59 Å². The van der Waals surface area contributed by atoms with Gasteiger partial charge in [-0.1, -0.05) is 6.07 Å². The number of amides is 1. The number of hydrogen-bond acceptors (Lipinski definition) is 10. The first kappa shape index (κ1) is 24.8. The van der Waals surface area contributed by atoms with Crippen LogP contribution in [0.15, 0.2) is 12.1 Å². The van der Waals surface area contributed by atoms with Gasteiger partial charge in [0.1, 0.15) is 34.7 Å². The number of cyclic esters (lactones) is 1. The molecule has 0 aliphatic carbocycles. The molecule has 33 heavy (non-hydrogen) atoms. The van der Waals surface area contributed by atoms with Gasteiger partial charge in [0.15, 0.2) is 0 Å². The van der Waals surface area contributed by atoms with Crippen molar-refractivity contribution >= 4 is 25.0 Å². The van der Waals surface area contributed by atoms with E-state index < -0.39 is 47.9 Å². The zero-order valence-corrected chi connectivity index (χ0v) is 18.2. The van der Waals surface area contributed by atoms with Crippen LogP contribution in [0, 0.1) is 0 Å². The van der Waals surface area contributed by atoms with Crippen LogP contribution in [0.1, 0.15) is 29.3 Å². The molecule has 2 fully saturated rings. The minimum absolute atomic E-state index is 0.00838. The SMILES string of the molecule is C[C@@](N)(CN1CC(Oc2ccc(CCB(O)O)c(O)c2C(=O)O)C1)C(=O)N[C@H]1CCOC1=O.